The fourth-order valence-corrected chi connectivity index (χ4v) is 3.24. The molecule has 0 unspecified atom stereocenters. The molecule has 0 bridgehead atoms. The number of halogens is 2. The lowest BCUT2D eigenvalue weighted by Gasteiger charge is -2.14. The third-order valence-corrected chi connectivity index (χ3v) is 4.59. The Kier molecular flexibility index (Phi) is 4.91. The van der Waals surface area contributed by atoms with Gasteiger partial charge in [-0.2, -0.15) is 0 Å². The molecule has 4 heteroatoms. The minimum Gasteiger partial charge on any atom is -0.487 e. The molecule has 0 aromatic heterocycles. The van der Waals surface area contributed by atoms with E-state index in [1.807, 2.05) is 12.1 Å². The lowest BCUT2D eigenvalue weighted by atomic mass is 10.0. The van der Waals surface area contributed by atoms with Gasteiger partial charge in [0.15, 0.2) is 0 Å². The zero-order valence-electron chi connectivity index (χ0n) is 11.7. The molecule has 0 fully saturated rings. The minimum atomic E-state index is 0.585. The van der Waals surface area contributed by atoms with Crippen LogP contribution in [0.2, 0.25) is 5.02 Å². The van der Waals surface area contributed by atoms with Gasteiger partial charge in [-0.25, -0.2) is 0 Å². The van der Waals surface area contributed by atoms with Crippen LogP contribution in [0.5, 0.6) is 5.75 Å². The van der Waals surface area contributed by atoms with Crippen LogP contribution in [0.1, 0.15) is 24.0 Å². The number of ether oxygens (including phenoxy) is 1. The molecular weight excluding hydrogens is 397 g/mol. The normalized spacial score (nSPS) is 15.0. The number of nitrogens with one attached hydrogen (secondary N) is 1. The van der Waals surface area contributed by atoms with Crippen molar-refractivity contribution >= 4 is 39.9 Å². The molecular formula is C17H17ClINO. The van der Waals surface area contributed by atoms with Gasteiger partial charge in [-0.15, -0.1) is 0 Å². The van der Waals surface area contributed by atoms with Gasteiger partial charge in [0.25, 0.3) is 0 Å². The fraction of sp³-hybridized carbons (Fsp3) is 0.294. The zero-order valence-corrected chi connectivity index (χ0v) is 14.6. The summed E-state index contributed by atoms with van der Waals surface area (Å²) in [5.74, 6) is 0.915. The molecule has 3 rings (SSSR count). The molecule has 0 radical (unpaired) electrons. The summed E-state index contributed by atoms with van der Waals surface area (Å²) < 4.78 is 7.24. The van der Waals surface area contributed by atoms with Crippen LogP contribution >= 0.6 is 34.2 Å². The smallest absolute Gasteiger partial charge is 0.142 e. The second-order valence-corrected chi connectivity index (χ2v) is 6.91. The number of hydrogen-bond donors (Lipinski definition) is 1. The van der Waals surface area contributed by atoms with E-state index in [0.717, 1.165) is 42.3 Å². The Morgan fingerprint density at radius 3 is 2.86 bits per heavy atom. The van der Waals surface area contributed by atoms with Crippen molar-refractivity contribution in [3.8, 4) is 5.75 Å². The first-order valence-corrected chi connectivity index (χ1v) is 8.61. The average Bonchev–Trinajstić information content (AvgIpc) is 2.50. The summed E-state index contributed by atoms with van der Waals surface area (Å²) in [6.45, 7) is 1.55. The third-order valence-electron chi connectivity index (χ3n) is 3.68. The Morgan fingerprint density at radius 2 is 1.95 bits per heavy atom. The number of anilines is 1. The Hall–Kier alpha value is -0.940. The standard InChI is InChI=1S/C17H17ClINO/c18-14-5-4-13-11-21-17-7-6-15(19)10-16(17)20-8-2-1-3-12(13)9-14/h4-7,9-10,20H,1-3,8,11H2. The van der Waals surface area contributed by atoms with Gasteiger partial charge in [-0.1, -0.05) is 17.7 Å². The van der Waals surface area contributed by atoms with E-state index in [9.17, 15) is 0 Å². The molecule has 2 aromatic rings. The minimum absolute atomic E-state index is 0.585. The summed E-state index contributed by atoms with van der Waals surface area (Å²) in [6.07, 6.45) is 3.34. The van der Waals surface area contributed by atoms with Crippen molar-refractivity contribution < 1.29 is 4.74 Å². The van der Waals surface area contributed by atoms with Crippen LogP contribution in [0.25, 0.3) is 0 Å². The number of benzene rings is 2. The number of aryl methyl sites for hydroxylation is 1. The molecule has 0 aliphatic carbocycles. The monoisotopic (exact) mass is 413 g/mol. The topological polar surface area (TPSA) is 21.3 Å². The summed E-state index contributed by atoms with van der Waals surface area (Å²) in [5, 5.41) is 4.29. The van der Waals surface area contributed by atoms with Crippen LogP contribution in [0.15, 0.2) is 36.4 Å². The molecule has 21 heavy (non-hydrogen) atoms. The van der Waals surface area contributed by atoms with Crippen LogP contribution in [0.4, 0.5) is 5.69 Å². The summed E-state index contributed by atoms with van der Waals surface area (Å²) in [7, 11) is 0. The molecule has 2 nitrogen and oxygen atoms in total. The summed E-state index contributed by atoms with van der Waals surface area (Å²) in [5.41, 5.74) is 3.61. The zero-order chi connectivity index (χ0) is 14.7. The Morgan fingerprint density at radius 1 is 1.05 bits per heavy atom. The van der Waals surface area contributed by atoms with E-state index in [1.165, 1.54) is 14.7 Å². The van der Waals surface area contributed by atoms with E-state index in [2.05, 4.69) is 52.2 Å². The molecule has 0 atom stereocenters. The maximum absolute atomic E-state index is 6.12. The maximum Gasteiger partial charge on any atom is 0.142 e. The van der Waals surface area contributed by atoms with Gasteiger partial charge in [-0.05, 0) is 83.3 Å². The molecule has 0 saturated carbocycles. The van der Waals surface area contributed by atoms with Gasteiger partial charge in [0.2, 0.25) is 0 Å². The molecule has 0 spiro atoms. The highest BCUT2D eigenvalue weighted by Gasteiger charge is 2.10. The number of fused-ring (bicyclic) bond motifs is 2. The highest BCUT2D eigenvalue weighted by Crippen LogP contribution is 2.29. The Labute approximate surface area is 144 Å². The summed E-state index contributed by atoms with van der Waals surface area (Å²) in [4.78, 5) is 0. The Bertz CT molecular complexity index is 589. The van der Waals surface area contributed by atoms with Crippen molar-refractivity contribution in [2.75, 3.05) is 11.9 Å². The summed E-state index contributed by atoms with van der Waals surface area (Å²) in [6, 6.07) is 12.3. The highest BCUT2D eigenvalue weighted by atomic mass is 127. The fourth-order valence-electron chi connectivity index (χ4n) is 2.55. The van der Waals surface area contributed by atoms with Crippen molar-refractivity contribution in [1.29, 1.82) is 0 Å². The van der Waals surface area contributed by atoms with E-state index in [1.54, 1.807) is 0 Å². The van der Waals surface area contributed by atoms with Gasteiger partial charge in [0.05, 0.1) is 5.69 Å². The highest BCUT2D eigenvalue weighted by molar-refractivity contribution is 14.1. The molecule has 1 aliphatic heterocycles. The van der Waals surface area contributed by atoms with Crippen LogP contribution in [0.3, 0.4) is 0 Å². The van der Waals surface area contributed by atoms with Crippen molar-refractivity contribution in [1.82, 2.24) is 0 Å². The molecule has 0 saturated heterocycles. The van der Waals surface area contributed by atoms with Gasteiger partial charge in [-0.3, -0.25) is 0 Å². The SMILES string of the molecule is Clc1ccc2c(c1)CCCCNc1cc(I)ccc1OC2. The van der Waals surface area contributed by atoms with Gasteiger partial charge in [0.1, 0.15) is 12.4 Å². The van der Waals surface area contributed by atoms with Crippen LogP contribution < -0.4 is 10.1 Å². The van der Waals surface area contributed by atoms with Crippen molar-refractivity contribution in [2.24, 2.45) is 0 Å². The van der Waals surface area contributed by atoms with Crippen LogP contribution in [-0.4, -0.2) is 6.54 Å². The number of rotatable bonds is 0. The first-order valence-electron chi connectivity index (χ1n) is 7.16. The average molecular weight is 414 g/mol. The largest absolute Gasteiger partial charge is 0.487 e. The van der Waals surface area contributed by atoms with Crippen molar-refractivity contribution in [3.05, 3.63) is 56.1 Å². The number of hydrogen-bond acceptors (Lipinski definition) is 2. The lowest BCUT2D eigenvalue weighted by Crippen LogP contribution is -2.04. The molecule has 2 aromatic carbocycles. The molecule has 0 amide bonds. The van der Waals surface area contributed by atoms with E-state index < -0.39 is 0 Å². The summed E-state index contributed by atoms with van der Waals surface area (Å²) >= 11 is 8.45. The van der Waals surface area contributed by atoms with E-state index in [-0.39, 0.29) is 0 Å². The van der Waals surface area contributed by atoms with Crippen LogP contribution in [-0.2, 0) is 13.0 Å². The molecule has 110 valence electrons. The van der Waals surface area contributed by atoms with E-state index in [4.69, 9.17) is 16.3 Å². The van der Waals surface area contributed by atoms with Crippen molar-refractivity contribution in [2.45, 2.75) is 25.9 Å². The van der Waals surface area contributed by atoms with Crippen molar-refractivity contribution in [3.63, 3.8) is 0 Å². The van der Waals surface area contributed by atoms with Gasteiger partial charge >= 0.3 is 0 Å². The second kappa shape index (κ2) is 6.88. The molecule has 1 heterocycles. The van der Waals surface area contributed by atoms with Gasteiger partial charge in [0, 0.05) is 15.1 Å². The van der Waals surface area contributed by atoms with E-state index in [0.29, 0.717) is 6.61 Å². The predicted octanol–water partition coefficient (Wildman–Crippen LogP) is 5.27. The Balaban J connectivity index is 1.91. The first-order chi connectivity index (χ1) is 10.2. The van der Waals surface area contributed by atoms with E-state index >= 15 is 0 Å². The quantitative estimate of drug-likeness (QED) is 0.594. The lowest BCUT2D eigenvalue weighted by molar-refractivity contribution is 0.306. The first kappa shape index (κ1) is 15.0. The molecule has 1 aliphatic rings. The van der Waals surface area contributed by atoms with Gasteiger partial charge < -0.3 is 10.1 Å². The maximum atomic E-state index is 6.12. The van der Waals surface area contributed by atoms with Crippen LogP contribution in [0, 0.1) is 3.57 Å². The molecule has 1 N–H and O–H groups in total. The predicted molar refractivity (Wildman–Crippen MR) is 96.4 cm³/mol. The third kappa shape index (κ3) is 3.83. The second-order valence-electron chi connectivity index (χ2n) is 5.23.